The quantitative estimate of drug-likeness (QED) is 0.743. The molecule has 0 saturated carbocycles. The molecule has 0 spiro atoms. The number of nitriles is 1. The van der Waals surface area contributed by atoms with Gasteiger partial charge in [0.25, 0.3) is 0 Å². The first-order valence-electron chi connectivity index (χ1n) is 5.86. The fourth-order valence-electron chi connectivity index (χ4n) is 2.10. The highest BCUT2D eigenvalue weighted by Gasteiger charge is 2.36. The molecule has 1 aromatic carbocycles. The topological polar surface area (TPSA) is 27.0 Å². The molecule has 90 valence electrons. The van der Waals surface area contributed by atoms with Gasteiger partial charge >= 0.3 is 0 Å². The van der Waals surface area contributed by atoms with Crippen molar-refractivity contribution in [2.75, 3.05) is 18.0 Å². The van der Waals surface area contributed by atoms with E-state index in [-0.39, 0.29) is 5.82 Å². The van der Waals surface area contributed by atoms with Gasteiger partial charge in [-0.15, -0.1) is 0 Å². The molecule has 0 unspecified atom stereocenters. The minimum absolute atomic E-state index is 0.295. The second-order valence-corrected chi connectivity index (χ2v) is 5.74. The number of anilines is 1. The Hall–Kier alpha value is -1.56. The van der Waals surface area contributed by atoms with Crippen LogP contribution in [0, 0.1) is 28.5 Å². The summed E-state index contributed by atoms with van der Waals surface area (Å²) in [5, 5.41) is 8.99. The van der Waals surface area contributed by atoms with E-state index in [9.17, 15) is 4.39 Å². The van der Waals surface area contributed by atoms with Crippen molar-refractivity contribution in [2.24, 2.45) is 11.3 Å². The maximum Gasteiger partial charge on any atom is 0.124 e. The lowest BCUT2D eigenvalue weighted by Crippen LogP contribution is -2.52. The van der Waals surface area contributed by atoms with Crippen LogP contribution in [0.3, 0.4) is 0 Å². The molecule has 0 bridgehead atoms. The lowest BCUT2D eigenvalue weighted by atomic mass is 9.75. The Morgan fingerprint density at radius 3 is 2.53 bits per heavy atom. The van der Waals surface area contributed by atoms with Crippen LogP contribution in [0.4, 0.5) is 10.1 Å². The van der Waals surface area contributed by atoms with Crippen LogP contribution in [0.15, 0.2) is 18.2 Å². The van der Waals surface area contributed by atoms with E-state index < -0.39 is 0 Å². The third-order valence-electron chi connectivity index (χ3n) is 3.53. The van der Waals surface area contributed by atoms with E-state index in [0.717, 1.165) is 18.8 Å². The summed E-state index contributed by atoms with van der Waals surface area (Å²) in [7, 11) is 0. The summed E-state index contributed by atoms with van der Waals surface area (Å²) in [5.41, 5.74) is 1.58. The number of hydrogen-bond acceptors (Lipinski definition) is 2. The highest BCUT2D eigenvalue weighted by molar-refractivity contribution is 5.60. The van der Waals surface area contributed by atoms with Gasteiger partial charge in [-0.3, -0.25) is 0 Å². The van der Waals surface area contributed by atoms with Crippen molar-refractivity contribution in [3.8, 4) is 6.07 Å². The molecule has 1 aliphatic rings. The van der Waals surface area contributed by atoms with Gasteiger partial charge in [0, 0.05) is 13.1 Å². The molecule has 1 aromatic rings. The molecule has 0 amide bonds. The molecule has 3 heteroatoms. The van der Waals surface area contributed by atoms with Gasteiger partial charge in [0.1, 0.15) is 11.9 Å². The maximum atomic E-state index is 13.0. The lowest BCUT2D eigenvalue weighted by Gasteiger charge is -2.47. The summed E-state index contributed by atoms with van der Waals surface area (Å²) in [5.74, 6) is 0.289. The first kappa shape index (κ1) is 11.9. The SMILES string of the molecule is CC(C)(C)C1CN(c2ccc(F)cc2C#N)C1. The van der Waals surface area contributed by atoms with E-state index in [0.29, 0.717) is 16.9 Å². The van der Waals surface area contributed by atoms with Crippen molar-refractivity contribution in [2.45, 2.75) is 20.8 Å². The van der Waals surface area contributed by atoms with Gasteiger partial charge in [-0.25, -0.2) is 4.39 Å². The third-order valence-corrected chi connectivity index (χ3v) is 3.53. The van der Waals surface area contributed by atoms with Crippen LogP contribution in [0.5, 0.6) is 0 Å². The summed E-state index contributed by atoms with van der Waals surface area (Å²) in [6.45, 7) is 8.58. The number of nitrogens with zero attached hydrogens (tertiary/aromatic N) is 2. The zero-order valence-electron chi connectivity index (χ0n) is 10.5. The van der Waals surface area contributed by atoms with Crippen molar-refractivity contribution < 1.29 is 4.39 Å². The highest BCUT2D eigenvalue weighted by atomic mass is 19.1. The summed E-state index contributed by atoms with van der Waals surface area (Å²) < 4.78 is 13.0. The normalized spacial score (nSPS) is 16.5. The van der Waals surface area contributed by atoms with E-state index in [1.165, 1.54) is 12.1 Å². The van der Waals surface area contributed by atoms with Crippen LogP contribution in [-0.2, 0) is 0 Å². The predicted octanol–water partition coefficient (Wildman–Crippen LogP) is 3.18. The molecule has 1 heterocycles. The fraction of sp³-hybridized carbons (Fsp3) is 0.500. The van der Waals surface area contributed by atoms with Crippen LogP contribution < -0.4 is 4.90 Å². The molecule has 17 heavy (non-hydrogen) atoms. The zero-order valence-corrected chi connectivity index (χ0v) is 10.5. The van der Waals surface area contributed by atoms with Gasteiger partial charge in [-0.2, -0.15) is 5.26 Å². The van der Waals surface area contributed by atoms with Gasteiger partial charge < -0.3 is 4.90 Å². The van der Waals surface area contributed by atoms with Gasteiger partial charge in [0.15, 0.2) is 0 Å². The fourth-order valence-corrected chi connectivity index (χ4v) is 2.10. The Balaban J connectivity index is 2.15. The standard InChI is InChI=1S/C14H17FN2/c1-14(2,3)11-8-17(9-11)13-5-4-12(15)6-10(13)7-16/h4-6,11H,8-9H2,1-3H3. The van der Waals surface area contributed by atoms with E-state index in [1.54, 1.807) is 6.07 Å². The molecule has 2 nitrogen and oxygen atoms in total. The average molecular weight is 232 g/mol. The average Bonchev–Trinajstić information content (AvgIpc) is 2.15. The van der Waals surface area contributed by atoms with Gasteiger partial charge in [-0.05, 0) is 29.5 Å². The van der Waals surface area contributed by atoms with Crippen LogP contribution in [0.2, 0.25) is 0 Å². The molecule has 2 rings (SSSR count). The Labute approximate surface area is 102 Å². The Morgan fingerprint density at radius 1 is 1.35 bits per heavy atom. The molecule has 1 aliphatic heterocycles. The Morgan fingerprint density at radius 2 is 2.00 bits per heavy atom. The molecule has 0 radical (unpaired) electrons. The molecular formula is C14H17FN2. The van der Waals surface area contributed by atoms with Crippen LogP contribution in [-0.4, -0.2) is 13.1 Å². The zero-order chi connectivity index (χ0) is 12.6. The second-order valence-electron chi connectivity index (χ2n) is 5.74. The van der Waals surface area contributed by atoms with Gasteiger partial charge in [0.2, 0.25) is 0 Å². The molecular weight excluding hydrogens is 215 g/mol. The number of benzene rings is 1. The molecule has 0 aromatic heterocycles. The molecule has 1 saturated heterocycles. The second kappa shape index (κ2) is 4.03. The molecule has 0 aliphatic carbocycles. The minimum atomic E-state index is -0.349. The van der Waals surface area contributed by atoms with Crippen molar-refractivity contribution in [1.29, 1.82) is 5.26 Å². The van der Waals surface area contributed by atoms with Crippen molar-refractivity contribution in [1.82, 2.24) is 0 Å². The van der Waals surface area contributed by atoms with E-state index in [4.69, 9.17) is 5.26 Å². The van der Waals surface area contributed by atoms with Crippen molar-refractivity contribution in [3.63, 3.8) is 0 Å². The summed E-state index contributed by atoms with van der Waals surface area (Å²) >= 11 is 0. The summed E-state index contributed by atoms with van der Waals surface area (Å²) in [6.07, 6.45) is 0. The highest BCUT2D eigenvalue weighted by Crippen LogP contribution is 2.37. The van der Waals surface area contributed by atoms with Crippen LogP contribution in [0.1, 0.15) is 26.3 Å². The first-order valence-corrected chi connectivity index (χ1v) is 5.86. The van der Waals surface area contributed by atoms with E-state index >= 15 is 0 Å². The minimum Gasteiger partial charge on any atom is -0.370 e. The molecule has 0 N–H and O–H groups in total. The van der Waals surface area contributed by atoms with Crippen LogP contribution >= 0.6 is 0 Å². The predicted molar refractivity (Wildman–Crippen MR) is 66.3 cm³/mol. The number of hydrogen-bond donors (Lipinski definition) is 0. The van der Waals surface area contributed by atoms with Gasteiger partial charge in [0.05, 0.1) is 11.3 Å². The van der Waals surface area contributed by atoms with E-state index in [2.05, 4.69) is 31.7 Å². The monoisotopic (exact) mass is 232 g/mol. The Kier molecular flexibility index (Phi) is 2.82. The lowest BCUT2D eigenvalue weighted by molar-refractivity contribution is 0.195. The first-order chi connectivity index (χ1) is 7.91. The summed E-state index contributed by atoms with van der Waals surface area (Å²) in [4.78, 5) is 2.15. The smallest absolute Gasteiger partial charge is 0.124 e. The maximum absolute atomic E-state index is 13.0. The van der Waals surface area contributed by atoms with E-state index in [1.807, 2.05) is 0 Å². The largest absolute Gasteiger partial charge is 0.370 e. The van der Waals surface area contributed by atoms with Crippen molar-refractivity contribution >= 4 is 5.69 Å². The summed E-state index contributed by atoms with van der Waals surface area (Å²) in [6, 6.07) is 6.48. The third kappa shape index (κ3) is 2.26. The number of rotatable bonds is 1. The van der Waals surface area contributed by atoms with Gasteiger partial charge in [-0.1, -0.05) is 20.8 Å². The van der Waals surface area contributed by atoms with Crippen LogP contribution in [0.25, 0.3) is 0 Å². The number of halogens is 1. The molecule has 0 atom stereocenters. The Bertz CT molecular complexity index is 462. The van der Waals surface area contributed by atoms with Crippen molar-refractivity contribution in [3.05, 3.63) is 29.6 Å². The molecule has 1 fully saturated rings.